The van der Waals surface area contributed by atoms with Crippen molar-refractivity contribution >= 4 is 5.91 Å². The summed E-state index contributed by atoms with van der Waals surface area (Å²) in [5.74, 6) is -2.91. The Bertz CT molecular complexity index is 460. The molecule has 18 heavy (non-hydrogen) atoms. The first kappa shape index (κ1) is 12.8. The van der Waals surface area contributed by atoms with Gasteiger partial charge in [-0.2, -0.15) is 0 Å². The second-order valence-corrected chi connectivity index (χ2v) is 4.20. The average Bonchev–Trinajstić information content (AvgIpc) is 2.34. The Morgan fingerprint density at radius 1 is 1.33 bits per heavy atom. The fourth-order valence-electron chi connectivity index (χ4n) is 1.92. The highest BCUT2D eigenvalue weighted by atomic mass is 19.1. The van der Waals surface area contributed by atoms with Crippen molar-refractivity contribution in [3.05, 3.63) is 29.3 Å². The fourth-order valence-corrected chi connectivity index (χ4v) is 1.92. The maximum Gasteiger partial charge on any atom is 0.251 e. The predicted molar refractivity (Wildman–Crippen MR) is 61.4 cm³/mol. The largest absolute Gasteiger partial charge is 0.487 e. The number of halogens is 2. The molecule has 0 radical (unpaired) electrons. The molecule has 1 aromatic rings. The molecule has 1 amide bonds. The van der Waals surface area contributed by atoms with Gasteiger partial charge in [0.1, 0.15) is 11.9 Å². The molecule has 0 aromatic heterocycles. The van der Waals surface area contributed by atoms with Crippen LogP contribution in [0.15, 0.2) is 12.1 Å². The van der Waals surface area contributed by atoms with Gasteiger partial charge in [0.25, 0.3) is 5.91 Å². The topological polar surface area (TPSA) is 64.4 Å². The van der Waals surface area contributed by atoms with Crippen molar-refractivity contribution in [2.24, 2.45) is 5.73 Å². The monoisotopic (exact) mass is 256 g/mol. The quantitative estimate of drug-likeness (QED) is 0.854. The summed E-state index contributed by atoms with van der Waals surface area (Å²) in [5, 5.41) is 3.13. The van der Waals surface area contributed by atoms with E-state index in [0.717, 1.165) is 25.2 Å². The molecule has 0 bridgehead atoms. The van der Waals surface area contributed by atoms with Gasteiger partial charge in [-0.15, -0.1) is 0 Å². The molecule has 3 N–H and O–H groups in total. The van der Waals surface area contributed by atoms with E-state index in [2.05, 4.69) is 5.32 Å². The maximum absolute atomic E-state index is 13.9. The van der Waals surface area contributed by atoms with Crippen LogP contribution >= 0.6 is 0 Å². The van der Waals surface area contributed by atoms with Gasteiger partial charge in [0.15, 0.2) is 11.6 Å². The maximum atomic E-state index is 13.9. The molecule has 1 aliphatic heterocycles. The third-order valence-corrected chi connectivity index (χ3v) is 2.85. The summed E-state index contributed by atoms with van der Waals surface area (Å²) in [7, 11) is 0. The summed E-state index contributed by atoms with van der Waals surface area (Å²) in [6, 6.07) is 1.71. The Morgan fingerprint density at radius 3 is 2.61 bits per heavy atom. The van der Waals surface area contributed by atoms with E-state index in [1.165, 1.54) is 0 Å². The predicted octanol–water partition coefficient (Wildman–Crippen LogP) is 1.19. The van der Waals surface area contributed by atoms with Crippen molar-refractivity contribution in [1.29, 1.82) is 0 Å². The lowest BCUT2D eigenvalue weighted by Crippen LogP contribution is -2.34. The number of rotatable bonds is 3. The first-order valence-electron chi connectivity index (χ1n) is 5.74. The number of hydrogen-bond acceptors (Lipinski definition) is 3. The summed E-state index contributed by atoms with van der Waals surface area (Å²) in [6.07, 6.45) is 1.24. The van der Waals surface area contributed by atoms with Crippen LogP contribution in [0.5, 0.6) is 5.75 Å². The van der Waals surface area contributed by atoms with Gasteiger partial charge in [-0.25, -0.2) is 8.78 Å². The van der Waals surface area contributed by atoms with Crippen LogP contribution in [0.25, 0.3) is 0 Å². The number of amides is 1. The zero-order valence-electron chi connectivity index (χ0n) is 9.71. The van der Waals surface area contributed by atoms with Gasteiger partial charge in [0.05, 0.1) is 5.56 Å². The average molecular weight is 256 g/mol. The minimum absolute atomic E-state index is 0.178. The highest BCUT2D eigenvalue weighted by Gasteiger charge is 2.20. The van der Waals surface area contributed by atoms with Crippen molar-refractivity contribution in [1.82, 2.24) is 5.32 Å². The van der Waals surface area contributed by atoms with Crippen LogP contribution in [-0.4, -0.2) is 25.1 Å². The van der Waals surface area contributed by atoms with E-state index < -0.39 is 23.1 Å². The molecule has 98 valence electrons. The Kier molecular flexibility index (Phi) is 3.76. The SMILES string of the molecule is NC(=O)c1cc(F)cc(OC2CCNCC2)c1F. The van der Waals surface area contributed by atoms with Crippen LogP contribution in [-0.2, 0) is 0 Å². The number of ether oxygens (including phenoxy) is 1. The number of primary amides is 1. The van der Waals surface area contributed by atoms with Crippen LogP contribution in [0.2, 0.25) is 0 Å². The van der Waals surface area contributed by atoms with E-state index in [4.69, 9.17) is 10.5 Å². The van der Waals surface area contributed by atoms with E-state index in [-0.39, 0.29) is 11.9 Å². The highest BCUT2D eigenvalue weighted by molar-refractivity contribution is 5.93. The number of hydrogen-bond donors (Lipinski definition) is 2. The molecule has 0 saturated carbocycles. The molecule has 2 rings (SSSR count). The van der Waals surface area contributed by atoms with Gasteiger partial charge in [0, 0.05) is 6.07 Å². The first-order valence-corrected chi connectivity index (χ1v) is 5.74. The van der Waals surface area contributed by atoms with Crippen LogP contribution in [0.1, 0.15) is 23.2 Å². The van der Waals surface area contributed by atoms with E-state index in [9.17, 15) is 13.6 Å². The normalized spacial score (nSPS) is 16.6. The van der Waals surface area contributed by atoms with Gasteiger partial charge in [-0.3, -0.25) is 4.79 Å². The van der Waals surface area contributed by atoms with Crippen molar-refractivity contribution < 1.29 is 18.3 Å². The Labute approximate surface area is 103 Å². The molecular formula is C12H14F2N2O2. The second kappa shape index (κ2) is 5.30. The molecule has 0 spiro atoms. The highest BCUT2D eigenvalue weighted by Crippen LogP contribution is 2.25. The van der Waals surface area contributed by atoms with Gasteiger partial charge in [0.2, 0.25) is 0 Å². The lowest BCUT2D eigenvalue weighted by atomic mass is 10.1. The Morgan fingerprint density at radius 2 is 2.00 bits per heavy atom. The standard InChI is InChI=1S/C12H14F2N2O2/c13-7-5-9(12(15)17)11(14)10(6-7)18-8-1-3-16-4-2-8/h5-6,8,16H,1-4H2,(H2,15,17). The van der Waals surface area contributed by atoms with Crippen LogP contribution in [0.3, 0.4) is 0 Å². The molecule has 1 fully saturated rings. The molecule has 1 aliphatic rings. The number of carbonyl (C=O) groups is 1. The van der Waals surface area contributed by atoms with Crippen molar-refractivity contribution in [3.8, 4) is 5.75 Å². The number of nitrogens with one attached hydrogen (secondary N) is 1. The summed E-state index contributed by atoms with van der Waals surface area (Å²) >= 11 is 0. The summed E-state index contributed by atoms with van der Waals surface area (Å²) in [6.45, 7) is 1.54. The molecule has 0 unspecified atom stereocenters. The lowest BCUT2D eigenvalue weighted by Gasteiger charge is -2.24. The molecule has 4 nitrogen and oxygen atoms in total. The number of nitrogens with two attached hydrogens (primary N) is 1. The van der Waals surface area contributed by atoms with Gasteiger partial charge in [-0.1, -0.05) is 0 Å². The zero-order valence-corrected chi connectivity index (χ0v) is 9.71. The number of carbonyl (C=O) groups excluding carboxylic acids is 1. The number of piperidine rings is 1. The molecule has 1 aromatic carbocycles. The van der Waals surface area contributed by atoms with E-state index in [1.54, 1.807) is 0 Å². The molecule has 1 heterocycles. The minimum atomic E-state index is -1.01. The molecule has 1 saturated heterocycles. The number of benzene rings is 1. The summed E-state index contributed by atoms with van der Waals surface area (Å²) in [5.41, 5.74) is 4.49. The Balaban J connectivity index is 2.23. The van der Waals surface area contributed by atoms with Crippen LogP contribution in [0.4, 0.5) is 8.78 Å². The van der Waals surface area contributed by atoms with E-state index in [0.29, 0.717) is 12.8 Å². The molecule has 0 aliphatic carbocycles. The second-order valence-electron chi connectivity index (χ2n) is 4.20. The first-order chi connectivity index (χ1) is 8.58. The van der Waals surface area contributed by atoms with Crippen LogP contribution in [0, 0.1) is 11.6 Å². The van der Waals surface area contributed by atoms with Crippen LogP contribution < -0.4 is 15.8 Å². The zero-order chi connectivity index (χ0) is 13.1. The summed E-state index contributed by atoms with van der Waals surface area (Å²) in [4.78, 5) is 11.0. The van der Waals surface area contributed by atoms with Crippen molar-refractivity contribution in [2.45, 2.75) is 18.9 Å². The van der Waals surface area contributed by atoms with E-state index >= 15 is 0 Å². The molecular weight excluding hydrogens is 242 g/mol. The van der Waals surface area contributed by atoms with Crippen molar-refractivity contribution in [2.75, 3.05) is 13.1 Å². The minimum Gasteiger partial charge on any atom is -0.487 e. The summed E-state index contributed by atoms with van der Waals surface area (Å²) < 4.78 is 32.5. The molecule has 0 atom stereocenters. The fraction of sp³-hybridized carbons (Fsp3) is 0.417. The third-order valence-electron chi connectivity index (χ3n) is 2.85. The smallest absolute Gasteiger partial charge is 0.251 e. The van der Waals surface area contributed by atoms with E-state index in [1.807, 2.05) is 0 Å². The molecule has 6 heteroatoms. The van der Waals surface area contributed by atoms with Gasteiger partial charge < -0.3 is 15.8 Å². The van der Waals surface area contributed by atoms with Gasteiger partial charge in [-0.05, 0) is 32.0 Å². The van der Waals surface area contributed by atoms with Crippen molar-refractivity contribution in [3.63, 3.8) is 0 Å². The third kappa shape index (κ3) is 2.76. The Hall–Kier alpha value is -1.69. The van der Waals surface area contributed by atoms with Gasteiger partial charge >= 0.3 is 0 Å². The lowest BCUT2D eigenvalue weighted by molar-refractivity contribution is 0.0992.